The molecule has 0 bridgehead atoms. The molecule has 1 aliphatic heterocycles. The van der Waals surface area contributed by atoms with E-state index in [2.05, 4.69) is 5.32 Å². The number of nitrogens with zero attached hydrogens (tertiary/aromatic N) is 1. The Kier molecular flexibility index (Phi) is 7.37. The lowest BCUT2D eigenvalue weighted by molar-refractivity contribution is -0.131. The number of amides is 2. The van der Waals surface area contributed by atoms with Gasteiger partial charge in [-0.05, 0) is 38.0 Å². The van der Waals surface area contributed by atoms with Crippen molar-refractivity contribution in [2.45, 2.75) is 45.1 Å². The minimum Gasteiger partial charge on any atom is -0.481 e. The topological polar surface area (TPSA) is 58.6 Å². The number of halogens is 1. The van der Waals surface area contributed by atoms with E-state index in [9.17, 15) is 9.59 Å². The number of hydrogen-bond acceptors (Lipinski definition) is 3. The first kappa shape index (κ1) is 18.6. The predicted molar refractivity (Wildman–Crippen MR) is 94.2 cm³/mol. The molecule has 132 valence electrons. The largest absolute Gasteiger partial charge is 0.481 e. The second kappa shape index (κ2) is 9.52. The molecular weight excluding hydrogens is 328 g/mol. The zero-order chi connectivity index (χ0) is 17.4. The first-order chi connectivity index (χ1) is 11.6. The maximum Gasteiger partial charge on any atom is 0.260 e. The molecule has 1 aliphatic rings. The van der Waals surface area contributed by atoms with E-state index in [-0.39, 0.29) is 11.8 Å². The van der Waals surface area contributed by atoms with Crippen LogP contribution in [0.4, 0.5) is 0 Å². The summed E-state index contributed by atoms with van der Waals surface area (Å²) in [6.07, 6.45) is 4.22. The van der Waals surface area contributed by atoms with E-state index in [1.54, 1.807) is 31.2 Å². The molecule has 5 nitrogen and oxygen atoms in total. The molecular formula is C18H25ClN2O3. The Bertz CT molecular complexity index is 557. The van der Waals surface area contributed by atoms with E-state index in [1.165, 1.54) is 12.8 Å². The second-order valence-electron chi connectivity index (χ2n) is 6.05. The van der Waals surface area contributed by atoms with Crippen LogP contribution >= 0.6 is 11.6 Å². The van der Waals surface area contributed by atoms with Crippen LogP contribution in [0.5, 0.6) is 5.75 Å². The molecule has 2 rings (SSSR count). The average Bonchev–Trinajstić information content (AvgIpc) is 2.84. The van der Waals surface area contributed by atoms with Gasteiger partial charge in [0.2, 0.25) is 5.91 Å². The number of ether oxygens (including phenoxy) is 1. The monoisotopic (exact) mass is 352 g/mol. The Labute approximate surface area is 148 Å². The molecule has 1 aromatic carbocycles. The van der Waals surface area contributed by atoms with Crippen molar-refractivity contribution in [2.24, 2.45) is 0 Å². The van der Waals surface area contributed by atoms with Gasteiger partial charge in [-0.25, -0.2) is 0 Å². The van der Waals surface area contributed by atoms with Gasteiger partial charge in [0.15, 0.2) is 6.10 Å². The van der Waals surface area contributed by atoms with E-state index < -0.39 is 6.10 Å². The third kappa shape index (κ3) is 6.04. The highest BCUT2D eigenvalue weighted by atomic mass is 35.5. The molecule has 1 aromatic rings. The second-order valence-corrected chi connectivity index (χ2v) is 6.49. The maximum absolute atomic E-state index is 12.2. The van der Waals surface area contributed by atoms with Crippen molar-refractivity contribution >= 4 is 23.4 Å². The smallest absolute Gasteiger partial charge is 0.260 e. The van der Waals surface area contributed by atoms with Gasteiger partial charge in [0.25, 0.3) is 5.91 Å². The fourth-order valence-corrected chi connectivity index (χ4v) is 2.89. The van der Waals surface area contributed by atoms with Crippen LogP contribution in [0.2, 0.25) is 5.02 Å². The van der Waals surface area contributed by atoms with E-state index in [1.807, 2.05) is 4.90 Å². The summed E-state index contributed by atoms with van der Waals surface area (Å²) < 4.78 is 5.56. The van der Waals surface area contributed by atoms with Gasteiger partial charge in [0.1, 0.15) is 5.75 Å². The van der Waals surface area contributed by atoms with Crippen molar-refractivity contribution in [3.63, 3.8) is 0 Å². The molecule has 1 heterocycles. The fourth-order valence-electron chi connectivity index (χ4n) is 2.71. The molecule has 0 aliphatic carbocycles. The van der Waals surface area contributed by atoms with Gasteiger partial charge in [-0.3, -0.25) is 9.59 Å². The summed E-state index contributed by atoms with van der Waals surface area (Å²) in [5.74, 6) is 0.421. The highest BCUT2D eigenvalue weighted by Crippen LogP contribution is 2.18. The molecule has 0 aromatic heterocycles. The van der Waals surface area contributed by atoms with Gasteiger partial charge in [0, 0.05) is 31.1 Å². The Morgan fingerprint density at radius 2 is 1.96 bits per heavy atom. The lowest BCUT2D eigenvalue weighted by Gasteiger charge is -2.20. The molecule has 6 heteroatoms. The van der Waals surface area contributed by atoms with Crippen LogP contribution in [-0.2, 0) is 9.59 Å². The molecule has 1 saturated heterocycles. The summed E-state index contributed by atoms with van der Waals surface area (Å²) in [7, 11) is 0. The highest BCUT2D eigenvalue weighted by Gasteiger charge is 2.17. The van der Waals surface area contributed by atoms with E-state index >= 15 is 0 Å². The van der Waals surface area contributed by atoms with Gasteiger partial charge >= 0.3 is 0 Å². The summed E-state index contributed by atoms with van der Waals surface area (Å²) in [6, 6.07) is 6.92. The molecule has 0 saturated carbocycles. The SMILES string of the molecule is CC(Oc1cccc(Cl)c1)C(=O)NCCC(=O)N1CCCCCC1. The zero-order valence-corrected chi connectivity index (χ0v) is 14.8. The fraction of sp³-hybridized carbons (Fsp3) is 0.556. The predicted octanol–water partition coefficient (Wildman–Crippen LogP) is 3.02. The van der Waals surface area contributed by atoms with Crippen LogP contribution in [-0.4, -0.2) is 42.5 Å². The normalized spacial score (nSPS) is 16.2. The molecule has 1 fully saturated rings. The van der Waals surface area contributed by atoms with Gasteiger partial charge in [0.05, 0.1) is 0 Å². The first-order valence-electron chi connectivity index (χ1n) is 8.54. The Balaban J connectivity index is 1.71. The minimum atomic E-state index is -0.642. The van der Waals surface area contributed by atoms with Crippen LogP contribution < -0.4 is 10.1 Å². The number of likely N-dealkylation sites (tertiary alicyclic amines) is 1. The van der Waals surface area contributed by atoms with Crippen molar-refractivity contribution < 1.29 is 14.3 Å². The first-order valence-corrected chi connectivity index (χ1v) is 8.92. The van der Waals surface area contributed by atoms with Gasteiger partial charge < -0.3 is 15.0 Å². The number of nitrogens with one attached hydrogen (secondary N) is 1. The molecule has 2 amide bonds. The summed E-state index contributed by atoms with van der Waals surface area (Å²) in [6.45, 7) is 3.67. The lowest BCUT2D eigenvalue weighted by Crippen LogP contribution is -2.39. The third-order valence-corrected chi connectivity index (χ3v) is 4.31. The molecule has 24 heavy (non-hydrogen) atoms. The summed E-state index contributed by atoms with van der Waals surface area (Å²) in [5, 5.41) is 3.32. The summed E-state index contributed by atoms with van der Waals surface area (Å²) in [5.41, 5.74) is 0. The number of carbonyl (C=O) groups excluding carboxylic acids is 2. The molecule has 1 atom stereocenters. The van der Waals surface area contributed by atoms with E-state index in [0.29, 0.717) is 23.7 Å². The zero-order valence-electron chi connectivity index (χ0n) is 14.1. The van der Waals surface area contributed by atoms with Crippen LogP contribution in [0, 0.1) is 0 Å². The van der Waals surface area contributed by atoms with Gasteiger partial charge in [-0.15, -0.1) is 0 Å². The molecule has 0 radical (unpaired) electrons. The van der Waals surface area contributed by atoms with Crippen LogP contribution in [0.1, 0.15) is 39.0 Å². The van der Waals surface area contributed by atoms with Crippen molar-refractivity contribution in [1.82, 2.24) is 10.2 Å². The Morgan fingerprint density at radius 3 is 2.62 bits per heavy atom. The maximum atomic E-state index is 12.2. The van der Waals surface area contributed by atoms with E-state index in [4.69, 9.17) is 16.3 Å². The van der Waals surface area contributed by atoms with Crippen LogP contribution in [0.25, 0.3) is 0 Å². The van der Waals surface area contributed by atoms with Crippen molar-refractivity contribution in [1.29, 1.82) is 0 Å². The summed E-state index contributed by atoms with van der Waals surface area (Å²) >= 11 is 5.89. The standard InChI is InChI=1S/C18H25ClN2O3/c1-14(24-16-8-6-7-15(19)13-16)18(23)20-10-9-17(22)21-11-4-2-3-5-12-21/h6-8,13-14H,2-5,9-12H2,1H3,(H,20,23). The van der Waals surface area contributed by atoms with Gasteiger partial charge in [-0.2, -0.15) is 0 Å². The number of carbonyl (C=O) groups is 2. The number of benzene rings is 1. The van der Waals surface area contributed by atoms with Crippen LogP contribution in [0.3, 0.4) is 0 Å². The summed E-state index contributed by atoms with van der Waals surface area (Å²) in [4.78, 5) is 26.1. The van der Waals surface area contributed by atoms with Crippen molar-refractivity contribution in [3.8, 4) is 5.75 Å². The molecule has 1 N–H and O–H groups in total. The van der Waals surface area contributed by atoms with Crippen molar-refractivity contribution in [2.75, 3.05) is 19.6 Å². The van der Waals surface area contributed by atoms with Gasteiger partial charge in [-0.1, -0.05) is 30.5 Å². The lowest BCUT2D eigenvalue weighted by atomic mass is 10.2. The van der Waals surface area contributed by atoms with Crippen LogP contribution in [0.15, 0.2) is 24.3 Å². The Hall–Kier alpha value is -1.75. The average molecular weight is 353 g/mol. The number of rotatable bonds is 6. The molecule has 1 unspecified atom stereocenters. The quantitative estimate of drug-likeness (QED) is 0.856. The van der Waals surface area contributed by atoms with Crippen molar-refractivity contribution in [3.05, 3.63) is 29.3 Å². The number of hydrogen-bond donors (Lipinski definition) is 1. The Morgan fingerprint density at radius 1 is 1.25 bits per heavy atom. The van der Waals surface area contributed by atoms with E-state index in [0.717, 1.165) is 25.9 Å². The highest BCUT2D eigenvalue weighted by molar-refractivity contribution is 6.30. The molecule has 0 spiro atoms. The minimum absolute atomic E-state index is 0.112. The third-order valence-electron chi connectivity index (χ3n) is 4.08.